The smallest absolute Gasteiger partial charge is 0.410 e. The first-order valence-corrected chi connectivity index (χ1v) is 9.34. The summed E-state index contributed by atoms with van der Waals surface area (Å²) >= 11 is 0. The zero-order valence-electron chi connectivity index (χ0n) is 16.3. The lowest BCUT2D eigenvalue weighted by molar-refractivity contribution is -0.0861. The maximum atomic E-state index is 13.2. The molecule has 6 heteroatoms. The van der Waals surface area contributed by atoms with Crippen molar-refractivity contribution in [2.45, 2.75) is 58.2 Å². The van der Waals surface area contributed by atoms with Gasteiger partial charge in [-0.05, 0) is 52.2 Å². The van der Waals surface area contributed by atoms with Crippen LogP contribution in [0.5, 0.6) is 0 Å². The molecule has 1 amide bonds. The Morgan fingerprint density at radius 3 is 2.41 bits per heavy atom. The molecule has 0 aromatic heterocycles. The fourth-order valence-electron chi connectivity index (χ4n) is 4.03. The van der Waals surface area contributed by atoms with Crippen molar-refractivity contribution in [1.82, 2.24) is 4.90 Å². The van der Waals surface area contributed by atoms with Gasteiger partial charge in [0.1, 0.15) is 5.60 Å². The normalized spacial score (nSPS) is 24.9. The Kier molecular flexibility index (Phi) is 5.25. The van der Waals surface area contributed by atoms with Crippen molar-refractivity contribution < 1.29 is 19.1 Å². The van der Waals surface area contributed by atoms with Crippen molar-refractivity contribution in [3.05, 3.63) is 34.9 Å². The SMILES string of the molecule is Cc1cccc(C#N)c1C(=O)C1CC2COCC(C1)N2C(=O)OC(C)(C)C. The number of benzene rings is 1. The van der Waals surface area contributed by atoms with Gasteiger partial charge in [-0.1, -0.05) is 12.1 Å². The van der Waals surface area contributed by atoms with Crippen LogP contribution in [0.15, 0.2) is 18.2 Å². The van der Waals surface area contributed by atoms with Crippen LogP contribution in [0.3, 0.4) is 0 Å². The second-order valence-electron chi connectivity index (χ2n) is 8.37. The van der Waals surface area contributed by atoms with Gasteiger partial charge in [-0.3, -0.25) is 9.69 Å². The van der Waals surface area contributed by atoms with Crippen molar-refractivity contribution in [2.24, 2.45) is 5.92 Å². The van der Waals surface area contributed by atoms with E-state index in [4.69, 9.17) is 9.47 Å². The van der Waals surface area contributed by atoms with Gasteiger partial charge in [0.15, 0.2) is 5.78 Å². The van der Waals surface area contributed by atoms with Crippen molar-refractivity contribution >= 4 is 11.9 Å². The molecule has 27 heavy (non-hydrogen) atoms. The van der Waals surface area contributed by atoms with Crippen LogP contribution in [0, 0.1) is 24.2 Å². The van der Waals surface area contributed by atoms with E-state index in [1.807, 2.05) is 33.8 Å². The standard InChI is InChI=1S/C21H26N2O4/c1-13-6-5-7-14(10-22)18(13)19(24)15-8-16-11-26-12-17(9-15)23(16)20(25)27-21(2,3)4/h5-7,15-17H,8-9,11-12H2,1-4H3. The second kappa shape index (κ2) is 7.32. The summed E-state index contributed by atoms with van der Waals surface area (Å²) in [6, 6.07) is 7.09. The summed E-state index contributed by atoms with van der Waals surface area (Å²) in [5.41, 5.74) is 1.17. The van der Waals surface area contributed by atoms with Crippen LogP contribution in [0.25, 0.3) is 0 Å². The van der Waals surface area contributed by atoms with Gasteiger partial charge in [-0.25, -0.2) is 4.79 Å². The number of ketones is 1. The molecule has 3 rings (SSSR count). The summed E-state index contributed by atoms with van der Waals surface area (Å²) in [6.45, 7) is 8.18. The van der Waals surface area contributed by atoms with Crippen molar-refractivity contribution in [3.8, 4) is 6.07 Å². The Labute approximate surface area is 160 Å². The number of Topliss-reactive ketones (excluding diaryl/α,β-unsaturated/α-hetero) is 1. The zero-order valence-corrected chi connectivity index (χ0v) is 16.3. The van der Waals surface area contributed by atoms with E-state index in [-0.39, 0.29) is 29.9 Å². The van der Waals surface area contributed by atoms with E-state index >= 15 is 0 Å². The lowest BCUT2D eigenvalue weighted by Crippen LogP contribution is -2.60. The number of fused-ring (bicyclic) bond motifs is 2. The van der Waals surface area contributed by atoms with Gasteiger partial charge >= 0.3 is 6.09 Å². The van der Waals surface area contributed by atoms with Crippen LogP contribution in [0.4, 0.5) is 4.79 Å². The predicted octanol–water partition coefficient (Wildman–Crippen LogP) is 3.46. The van der Waals surface area contributed by atoms with Gasteiger partial charge in [-0.15, -0.1) is 0 Å². The minimum absolute atomic E-state index is 0.00890. The number of nitrogens with zero attached hydrogens (tertiary/aromatic N) is 2. The van der Waals surface area contributed by atoms with E-state index < -0.39 is 5.60 Å². The number of hydrogen-bond acceptors (Lipinski definition) is 5. The van der Waals surface area contributed by atoms with Gasteiger partial charge < -0.3 is 9.47 Å². The summed E-state index contributed by atoms with van der Waals surface area (Å²) in [6.07, 6.45) is 0.696. The first-order valence-electron chi connectivity index (χ1n) is 9.34. The number of nitriles is 1. The Hall–Kier alpha value is -2.39. The van der Waals surface area contributed by atoms with Crippen LogP contribution >= 0.6 is 0 Å². The third-order valence-corrected chi connectivity index (χ3v) is 5.14. The van der Waals surface area contributed by atoms with Crippen molar-refractivity contribution in [1.29, 1.82) is 5.26 Å². The number of rotatable bonds is 2. The maximum Gasteiger partial charge on any atom is 0.410 e. The fourth-order valence-corrected chi connectivity index (χ4v) is 4.03. The molecule has 0 spiro atoms. The molecule has 144 valence electrons. The average molecular weight is 370 g/mol. The average Bonchev–Trinajstić information content (AvgIpc) is 2.58. The highest BCUT2D eigenvalue weighted by atomic mass is 16.6. The molecular weight excluding hydrogens is 344 g/mol. The van der Waals surface area contributed by atoms with E-state index in [0.717, 1.165) is 5.56 Å². The van der Waals surface area contributed by atoms with Gasteiger partial charge in [-0.2, -0.15) is 5.26 Å². The molecule has 2 bridgehead atoms. The Balaban J connectivity index is 1.82. The van der Waals surface area contributed by atoms with E-state index in [1.165, 1.54) is 0 Å². The molecule has 2 fully saturated rings. The lowest BCUT2D eigenvalue weighted by Gasteiger charge is -2.48. The van der Waals surface area contributed by atoms with Crippen LogP contribution in [0.1, 0.15) is 55.1 Å². The highest BCUT2D eigenvalue weighted by molar-refractivity contribution is 6.01. The van der Waals surface area contributed by atoms with Crippen LogP contribution < -0.4 is 0 Å². The summed E-state index contributed by atoms with van der Waals surface area (Å²) in [5.74, 6) is -0.235. The summed E-state index contributed by atoms with van der Waals surface area (Å²) < 4.78 is 11.2. The molecule has 2 aliphatic rings. The summed E-state index contributed by atoms with van der Waals surface area (Å²) in [7, 11) is 0. The molecule has 2 unspecified atom stereocenters. The van der Waals surface area contributed by atoms with Crippen molar-refractivity contribution in [2.75, 3.05) is 13.2 Å². The largest absolute Gasteiger partial charge is 0.444 e. The molecule has 0 N–H and O–H groups in total. The molecular formula is C21H26N2O4. The third kappa shape index (κ3) is 3.98. The number of morpholine rings is 1. The third-order valence-electron chi connectivity index (χ3n) is 5.14. The highest BCUT2D eigenvalue weighted by Gasteiger charge is 2.45. The Bertz CT molecular complexity index is 776. The number of amides is 1. The highest BCUT2D eigenvalue weighted by Crippen LogP contribution is 2.35. The van der Waals surface area contributed by atoms with Gasteiger partial charge in [0.2, 0.25) is 0 Å². The summed E-state index contributed by atoms with van der Waals surface area (Å²) in [5, 5.41) is 9.38. The van der Waals surface area contributed by atoms with Gasteiger partial charge in [0.25, 0.3) is 0 Å². The van der Waals surface area contributed by atoms with E-state index in [2.05, 4.69) is 6.07 Å². The summed E-state index contributed by atoms with van der Waals surface area (Å²) in [4.78, 5) is 27.6. The van der Waals surface area contributed by atoms with Gasteiger partial charge in [0.05, 0.1) is 36.9 Å². The molecule has 1 aromatic rings. The van der Waals surface area contributed by atoms with E-state index in [0.29, 0.717) is 37.2 Å². The van der Waals surface area contributed by atoms with Gasteiger partial charge in [0, 0.05) is 11.5 Å². The molecule has 2 atom stereocenters. The molecule has 2 aliphatic heterocycles. The number of carbonyl (C=O) groups is 2. The maximum absolute atomic E-state index is 13.2. The molecule has 6 nitrogen and oxygen atoms in total. The van der Waals surface area contributed by atoms with Crippen LogP contribution in [-0.4, -0.2) is 47.7 Å². The lowest BCUT2D eigenvalue weighted by atomic mass is 9.79. The van der Waals surface area contributed by atoms with Crippen LogP contribution in [-0.2, 0) is 9.47 Å². The first-order chi connectivity index (χ1) is 12.7. The first kappa shape index (κ1) is 19.4. The number of carbonyl (C=O) groups excluding carboxylic acids is 2. The predicted molar refractivity (Wildman–Crippen MR) is 99.4 cm³/mol. The quantitative estimate of drug-likeness (QED) is 0.745. The Morgan fingerprint density at radius 1 is 1.22 bits per heavy atom. The molecule has 0 aliphatic carbocycles. The monoisotopic (exact) mass is 370 g/mol. The molecule has 0 radical (unpaired) electrons. The van der Waals surface area contributed by atoms with E-state index in [9.17, 15) is 14.9 Å². The van der Waals surface area contributed by atoms with Crippen molar-refractivity contribution in [3.63, 3.8) is 0 Å². The molecule has 0 saturated carbocycles. The zero-order chi connectivity index (χ0) is 19.8. The minimum atomic E-state index is -0.568. The number of hydrogen-bond donors (Lipinski definition) is 0. The molecule has 2 saturated heterocycles. The molecule has 2 heterocycles. The Morgan fingerprint density at radius 2 is 1.85 bits per heavy atom. The van der Waals surface area contributed by atoms with E-state index in [1.54, 1.807) is 17.0 Å². The number of piperidine rings is 1. The topological polar surface area (TPSA) is 79.6 Å². The number of aryl methyl sites for hydroxylation is 1. The fraction of sp³-hybridized carbons (Fsp3) is 0.571. The van der Waals surface area contributed by atoms with Crippen LogP contribution in [0.2, 0.25) is 0 Å². The second-order valence-corrected chi connectivity index (χ2v) is 8.37. The minimum Gasteiger partial charge on any atom is -0.444 e. The molecule has 1 aromatic carbocycles. The number of ether oxygens (including phenoxy) is 2.